The van der Waals surface area contributed by atoms with Crippen LogP contribution in [-0.4, -0.2) is 38.8 Å². The van der Waals surface area contributed by atoms with Gasteiger partial charge in [0.15, 0.2) is 0 Å². The van der Waals surface area contributed by atoms with E-state index in [0.717, 1.165) is 5.56 Å². The minimum absolute atomic E-state index is 0.107. The molecule has 26 heavy (non-hydrogen) atoms. The van der Waals surface area contributed by atoms with Crippen LogP contribution in [-0.2, 0) is 11.3 Å². The predicted molar refractivity (Wildman–Crippen MR) is 101 cm³/mol. The molecule has 2 aromatic rings. The Morgan fingerprint density at radius 2 is 1.65 bits per heavy atom. The lowest BCUT2D eigenvalue weighted by atomic mass is 9.94. The monoisotopic (exact) mass is 357 g/mol. The van der Waals surface area contributed by atoms with Crippen molar-refractivity contribution in [2.24, 2.45) is 0 Å². The second-order valence-corrected chi connectivity index (χ2v) is 6.94. The number of hydrogen-bond acceptors (Lipinski definition) is 4. The predicted octanol–water partition coefficient (Wildman–Crippen LogP) is 3.91. The van der Waals surface area contributed by atoms with Gasteiger partial charge in [-0.15, -0.1) is 0 Å². The molecule has 2 N–H and O–H groups in total. The molecule has 0 saturated carbocycles. The molecule has 0 aliphatic heterocycles. The number of rotatable bonds is 8. The molecular formula is C21H27NO4. The average Bonchev–Trinajstić information content (AvgIpc) is 2.61. The van der Waals surface area contributed by atoms with E-state index in [9.17, 15) is 15.0 Å². The lowest BCUT2D eigenvalue weighted by Crippen LogP contribution is -2.59. The minimum Gasteiger partial charge on any atom is -0.508 e. The number of aromatic hydroxyl groups is 1. The molecule has 0 fully saturated rings. The van der Waals surface area contributed by atoms with E-state index in [4.69, 9.17) is 4.74 Å². The Morgan fingerprint density at radius 1 is 1.08 bits per heavy atom. The zero-order chi connectivity index (χ0) is 19.3. The topological polar surface area (TPSA) is 70.0 Å². The van der Waals surface area contributed by atoms with Crippen LogP contribution in [0.25, 0.3) is 0 Å². The maximum atomic E-state index is 12.1. The Labute approximate surface area is 154 Å². The standard InChI is InChI=1S/C21H27NO4/c1-15(2)22(14-17-8-6-5-7-9-17)16(3)21(4,20(24)25)26-19-12-10-18(23)11-13-19/h5-13,15-16,23H,14H2,1-4H3,(H,24,25). The SMILES string of the molecule is CC(C)N(Cc1ccccc1)C(C)C(C)(Oc1ccc(O)cc1)C(=O)O. The summed E-state index contributed by atoms with van der Waals surface area (Å²) < 4.78 is 5.90. The third-order valence-electron chi connectivity index (χ3n) is 4.76. The molecule has 2 unspecified atom stereocenters. The fourth-order valence-corrected chi connectivity index (χ4v) is 2.94. The quantitative estimate of drug-likeness (QED) is 0.749. The van der Waals surface area contributed by atoms with Gasteiger partial charge in [-0.3, -0.25) is 4.90 Å². The maximum Gasteiger partial charge on any atom is 0.349 e. The second-order valence-electron chi connectivity index (χ2n) is 6.94. The molecule has 5 heteroatoms. The molecule has 0 saturated heterocycles. The first-order chi connectivity index (χ1) is 12.2. The van der Waals surface area contributed by atoms with Crippen LogP contribution in [0.4, 0.5) is 0 Å². The van der Waals surface area contributed by atoms with Crippen LogP contribution in [0, 0.1) is 0 Å². The van der Waals surface area contributed by atoms with Gasteiger partial charge in [-0.05, 0) is 57.5 Å². The van der Waals surface area contributed by atoms with Gasteiger partial charge in [-0.1, -0.05) is 30.3 Å². The molecule has 0 amide bonds. The molecule has 0 bridgehead atoms. The summed E-state index contributed by atoms with van der Waals surface area (Å²) in [5.74, 6) is -0.518. The number of carboxylic acids is 1. The molecule has 2 atom stereocenters. The number of hydrogen-bond donors (Lipinski definition) is 2. The van der Waals surface area contributed by atoms with Crippen molar-refractivity contribution in [3.63, 3.8) is 0 Å². The van der Waals surface area contributed by atoms with Crippen molar-refractivity contribution in [3.8, 4) is 11.5 Å². The largest absolute Gasteiger partial charge is 0.508 e. The summed E-state index contributed by atoms with van der Waals surface area (Å²) in [5, 5.41) is 19.3. The number of carbonyl (C=O) groups is 1. The fraction of sp³-hybridized carbons (Fsp3) is 0.381. The Hall–Kier alpha value is -2.53. The van der Waals surface area contributed by atoms with E-state index in [1.165, 1.54) is 12.1 Å². The van der Waals surface area contributed by atoms with Gasteiger partial charge in [0.25, 0.3) is 0 Å². The molecule has 0 aliphatic rings. The van der Waals surface area contributed by atoms with E-state index < -0.39 is 17.6 Å². The van der Waals surface area contributed by atoms with Crippen molar-refractivity contribution >= 4 is 5.97 Å². The minimum atomic E-state index is -1.45. The highest BCUT2D eigenvalue weighted by Crippen LogP contribution is 2.28. The number of phenolic OH excluding ortho intramolecular Hbond substituents is 1. The molecule has 5 nitrogen and oxygen atoms in total. The summed E-state index contributed by atoms with van der Waals surface area (Å²) in [6.07, 6.45) is 0. The number of benzene rings is 2. The van der Waals surface area contributed by atoms with Crippen molar-refractivity contribution < 1.29 is 19.7 Å². The first-order valence-electron chi connectivity index (χ1n) is 8.75. The van der Waals surface area contributed by atoms with Crippen molar-refractivity contribution in [2.45, 2.75) is 51.9 Å². The summed E-state index contributed by atoms with van der Waals surface area (Å²) in [7, 11) is 0. The van der Waals surface area contributed by atoms with E-state index in [1.54, 1.807) is 19.1 Å². The first kappa shape index (κ1) is 19.8. The molecule has 0 radical (unpaired) electrons. The summed E-state index contributed by atoms with van der Waals surface area (Å²) >= 11 is 0. The molecule has 0 aromatic heterocycles. The van der Waals surface area contributed by atoms with Gasteiger partial charge in [-0.2, -0.15) is 0 Å². The highest BCUT2D eigenvalue weighted by Gasteiger charge is 2.45. The van der Waals surface area contributed by atoms with Gasteiger partial charge in [-0.25, -0.2) is 4.79 Å². The van der Waals surface area contributed by atoms with Crippen LogP contribution in [0.1, 0.15) is 33.3 Å². The Kier molecular flexibility index (Phi) is 6.27. The lowest BCUT2D eigenvalue weighted by molar-refractivity contribution is -0.160. The lowest BCUT2D eigenvalue weighted by Gasteiger charge is -2.41. The van der Waals surface area contributed by atoms with Gasteiger partial charge in [0.1, 0.15) is 11.5 Å². The normalized spacial score (nSPS) is 14.8. The van der Waals surface area contributed by atoms with E-state index in [0.29, 0.717) is 12.3 Å². The van der Waals surface area contributed by atoms with Gasteiger partial charge < -0.3 is 14.9 Å². The number of ether oxygens (including phenoxy) is 1. The van der Waals surface area contributed by atoms with Crippen LogP contribution >= 0.6 is 0 Å². The third-order valence-corrected chi connectivity index (χ3v) is 4.76. The Morgan fingerprint density at radius 3 is 2.15 bits per heavy atom. The zero-order valence-corrected chi connectivity index (χ0v) is 15.7. The maximum absolute atomic E-state index is 12.1. The molecule has 0 aliphatic carbocycles. The molecule has 2 rings (SSSR count). The van der Waals surface area contributed by atoms with Crippen molar-refractivity contribution in [1.29, 1.82) is 0 Å². The summed E-state index contributed by atoms with van der Waals surface area (Å²) in [6.45, 7) is 8.18. The summed E-state index contributed by atoms with van der Waals surface area (Å²) in [4.78, 5) is 14.2. The zero-order valence-electron chi connectivity index (χ0n) is 15.7. The van der Waals surface area contributed by atoms with Crippen LogP contribution in [0.3, 0.4) is 0 Å². The highest BCUT2D eigenvalue weighted by atomic mass is 16.5. The Bertz CT molecular complexity index is 715. The van der Waals surface area contributed by atoms with Gasteiger partial charge >= 0.3 is 5.97 Å². The van der Waals surface area contributed by atoms with Crippen molar-refractivity contribution in [2.75, 3.05) is 0 Å². The van der Waals surface area contributed by atoms with Gasteiger partial charge in [0.05, 0.1) is 6.04 Å². The third kappa shape index (κ3) is 4.55. The Balaban J connectivity index is 2.29. The second kappa shape index (κ2) is 8.23. The summed E-state index contributed by atoms with van der Waals surface area (Å²) in [5.41, 5.74) is -0.332. The number of carboxylic acid groups (broad SMARTS) is 1. The molecule has 0 heterocycles. The smallest absolute Gasteiger partial charge is 0.349 e. The van der Waals surface area contributed by atoms with E-state index in [-0.39, 0.29) is 11.8 Å². The number of nitrogens with zero attached hydrogens (tertiary/aromatic N) is 1. The summed E-state index contributed by atoms with van der Waals surface area (Å²) in [6, 6.07) is 15.8. The van der Waals surface area contributed by atoms with E-state index in [2.05, 4.69) is 4.90 Å². The van der Waals surface area contributed by atoms with E-state index in [1.807, 2.05) is 51.1 Å². The van der Waals surface area contributed by atoms with Gasteiger partial charge in [0.2, 0.25) is 5.60 Å². The average molecular weight is 357 g/mol. The number of aliphatic carboxylic acids is 1. The van der Waals surface area contributed by atoms with E-state index >= 15 is 0 Å². The first-order valence-corrected chi connectivity index (χ1v) is 8.75. The van der Waals surface area contributed by atoms with Crippen LogP contribution in [0.15, 0.2) is 54.6 Å². The van der Waals surface area contributed by atoms with Crippen LogP contribution in [0.2, 0.25) is 0 Å². The fourth-order valence-electron chi connectivity index (χ4n) is 2.94. The van der Waals surface area contributed by atoms with Crippen molar-refractivity contribution in [3.05, 3.63) is 60.2 Å². The van der Waals surface area contributed by atoms with Crippen LogP contribution < -0.4 is 4.74 Å². The van der Waals surface area contributed by atoms with Crippen molar-refractivity contribution in [1.82, 2.24) is 4.90 Å². The molecule has 0 spiro atoms. The molecule has 2 aromatic carbocycles. The highest BCUT2D eigenvalue weighted by molar-refractivity contribution is 5.78. The molecular weight excluding hydrogens is 330 g/mol. The molecule has 140 valence electrons. The van der Waals surface area contributed by atoms with Gasteiger partial charge in [0, 0.05) is 12.6 Å². The number of phenols is 1. The van der Waals surface area contributed by atoms with Crippen LogP contribution in [0.5, 0.6) is 11.5 Å².